The van der Waals surface area contributed by atoms with Crippen molar-refractivity contribution in [2.75, 3.05) is 20.2 Å². The van der Waals surface area contributed by atoms with Gasteiger partial charge in [-0.25, -0.2) is 14.2 Å². The van der Waals surface area contributed by atoms with Crippen LogP contribution in [0.4, 0.5) is 4.39 Å². The minimum absolute atomic E-state index is 0. The number of halogens is 2. The van der Waals surface area contributed by atoms with Gasteiger partial charge in [-0.3, -0.25) is 9.69 Å². The first-order valence-corrected chi connectivity index (χ1v) is 12.6. The van der Waals surface area contributed by atoms with E-state index in [0.717, 1.165) is 42.4 Å². The zero-order valence-corrected chi connectivity index (χ0v) is 22.1. The van der Waals surface area contributed by atoms with Crippen LogP contribution in [0.25, 0.3) is 22.3 Å². The molecular formula is C27H30ClFN4O5. The standard InChI is InChI=1S/C27H29FN4O5.ClH/c1-3-27(35)19-9-22-24-17(12-32(22)25(33)18(19)13-37-26(27)34)16(11-31-6-4-14(29)5-7-31)15-8-23(36-2)20(28)10-21(15)30-24;/h8-10,14,35H,3-7,11-13,29H2,1-2H3;1H/t27-;/m0./s1. The topological polar surface area (TPSA) is 120 Å². The first kappa shape index (κ1) is 26.6. The Hall–Kier alpha value is -3.05. The fraction of sp³-hybridized carbons (Fsp3) is 0.444. The average molecular weight is 545 g/mol. The Balaban J connectivity index is 0.00000294. The Bertz CT molecular complexity index is 1520. The summed E-state index contributed by atoms with van der Waals surface area (Å²) in [6.07, 6.45) is 1.84. The maximum atomic E-state index is 14.8. The third-order valence-electron chi connectivity index (χ3n) is 8.09. The fourth-order valence-corrected chi connectivity index (χ4v) is 5.84. The molecule has 3 aliphatic heterocycles. The molecule has 1 saturated heterocycles. The molecule has 3 N–H and O–H groups in total. The van der Waals surface area contributed by atoms with Crippen molar-refractivity contribution >= 4 is 29.3 Å². The van der Waals surface area contributed by atoms with Gasteiger partial charge in [0.15, 0.2) is 17.2 Å². The van der Waals surface area contributed by atoms with E-state index in [1.165, 1.54) is 13.2 Å². The molecule has 2 aromatic heterocycles. The number of hydrogen-bond donors (Lipinski definition) is 2. The Morgan fingerprint density at radius 3 is 2.66 bits per heavy atom. The lowest BCUT2D eigenvalue weighted by Crippen LogP contribution is -2.44. The molecule has 5 heterocycles. The number of nitrogens with zero attached hydrogens (tertiary/aromatic N) is 3. The van der Waals surface area contributed by atoms with Gasteiger partial charge >= 0.3 is 5.97 Å². The van der Waals surface area contributed by atoms with Gasteiger partial charge in [-0.1, -0.05) is 6.92 Å². The van der Waals surface area contributed by atoms with Crippen LogP contribution in [0.5, 0.6) is 5.75 Å². The van der Waals surface area contributed by atoms with Crippen molar-refractivity contribution in [1.29, 1.82) is 0 Å². The van der Waals surface area contributed by atoms with Crippen LogP contribution >= 0.6 is 12.4 Å². The fourth-order valence-electron chi connectivity index (χ4n) is 5.84. The highest BCUT2D eigenvalue weighted by molar-refractivity contribution is 5.90. The summed E-state index contributed by atoms with van der Waals surface area (Å²) < 4.78 is 26.8. The molecule has 1 atom stereocenters. The van der Waals surface area contributed by atoms with Crippen molar-refractivity contribution < 1.29 is 23.8 Å². The Morgan fingerprint density at radius 1 is 1.24 bits per heavy atom. The van der Waals surface area contributed by atoms with Gasteiger partial charge in [0, 0.05) is 35.2 Å². The van der Waals surface area contributed by atoms with Gasteiger partial charge in [0.2, 0.25) is 0 Å². The molecule has 3 aliphatic rings. The number of methoxy groups -OCH3 is 1. The Morgan fingerprint density at radius 2 is 1.97 bits per heavy atom. The number of nitrogens with two attached hydrogens (primary N) is 1. The number of piperidine rings is 1. The van der Waals surface area contributed by atoms with E-state index in [0.29, 0.717) is 23.4 Å². The number of rotatable bonds is 4. The molecule has 0 saturated carbocycles. The van der Waals surface area contributed by atoms with E-state index in [4.69, 9.17) is 20.2 Å². The van der Waals surface area contributed by atoms with Crippen LogP contribution < -0.4 is 16.0 Å². The maximum Gasteiger partial charge on any atom is 0.343 e. The lowest BCUT2D eigenvalue weighted by atomic mass is 9.86. The van der Waals surface area contributed by atoms with Gasteiger partial charge in [-0.15, -0.1) is 12.4 Å². The van der Waals surface area contributed by atoms with E-state index in [1.807, 2.05) is 0 Å². The lowest BCUT2D eigenvalue weighted by Gasteiger charge is -2.31. The zero-order valence-electron chi connectivity index (χ0n) is 21.3. The van der Waals surface area contributed by atoms with Crippen molar-refractivity contribution in [1.82, 2.24) is 14.5 Å². The van der Waals surface area contributed by atoms with Crippen molar-refractivity contribution in [3.05, 3.63) is 56.6 Å². The SMILES string of the molecule is CC[C@@]1(O)C(=O)OCc2c1cc1n(c2=O)Cc2c-1nc1cc(F)c(OC)cc1c2CN1CCC(N)CC1.Cl. The number of carbonyl (C=O) groups excluding carboxylic acids is 1. The number of hydrogen-bond acceptors (Lipinski definition) is 8. The highest BCUT2D eigenvalue weighted by Gasteiger charge is 2.45. The molecule has 6 rings (SSSR count). The molecule has 0 unspecified atom stereocenters. The van der Waals surface area contributed by atoms with Gasteiger partial charge in [0.1, 0.15) is 6.61 Å². The van der Waals surface area contributed by atoms with Crippen LogP contribution in [0.3, 0.4) is 0 Å². The highest BCUT2D eigenvalue weighted by atomic mass is 35.5. The van der Waals surface area contributed by atoms with Crippen molar-refractivity contribution in [3.8, 4) is 17.1 Å². The number of carbonyl (C=O) groups is 1. The van der Waals surface area contributed by atoms with E-state index in [-0.39, 0.29) is 60.5 Å². The predicted octanol–water partition coefficient (Wildman–Crippen LogP) is 2.57. The Kier molecular flexibility index (Phi) is 6.71. The molecule has 38 heavy (non-hydrogen) atoms. The second-order valence-corrected chi connectivity index (χ2v) is 10.1. The van der Waals surface area contributed by atoms with Gasteiger partial charge in [-0.2, -0.15) is 0 Å². The number of cyclic esters (lactones) is 1. The minimum Gasteiger partial charge on any atom is -0.494 e. The summed E-state index contributed by atoms with van der Waals surface area (Å²) in [7, 11) is 1.43. The number of benzene rings is 1. The van der Waals surface area contributed by atoms with E-state index in [2.05, 4.69) is 4.90 Å². The number of likely N-dealkylation sites (tertiary alicyclic amines) is 1. The molecule has 1 fully saturated rings. The van der Waals surface area contributed by atoms with Gasteiger partial charge in [0.25, 0.3) is 5.56 Å². The first-order chi connectivity index (χ1) is 17.7. The summed E-state index contributed by atoms with van der Waals surface area (Å²) in [6, 6.07) is 4.88. The summed E-state index contributed by atoms with van der Waals surface area (Å²) in [5.74, 6) is -1.17. The summed E-state index contributed by atoms with van der Waals surface area (Å²) in [6.45, 7) is 4.02. The van der Waals surface area contributed by atoms with E-state index < -0.39 is 17.4 Å². The van der Waals surface area contributed by atoms with Crippen molar-refractivity contribution in [3.63, 3.8) is 0 Å². The van der Waals surface area contributed by atoms with Crippen LogP contribution in [0.2, 0.25) is 0 Å². The normalized spacial score (nSPS) is 20.9. The summed E-state index contributed by atoms with van der Waals surface area (Å²) in [5, 5.41) is 11.9. The van der Waals surface area contributed by atoms with E-state index >= 15 is 0 Å². The number of ether oxygens (including phenoxy) is 2. The second kappa shape index (κ2) is 9.60. The number of pyridine rings is 2. The third-order valence-corrected chi connectivity index (χ3v) is 8.09. The molecule has 1 aromatic carbocycles. The zero-order chi connectivity index (χ0) is 26.1. The molecule has 11 heteroatoms. The quantitative estimate of drug-likeness (QED) is 0.376. The smallest absolute Gasteiger partial charge is 0.343 e. The maximum absolute atomic E-state index is 14.8. The molecule has 0 radical (unpaired) electrons. The van der Waals surface area contributed by atoms with Crippen LogP contribution in [-0.2, 0) is 34.8 Å². The van der Waals surface area contributed by atoms with Gasteiger partial charge in [-0.05, 0) is 50.0 Å². The summed E-state index contributed by atoms with van der Waals surface area (Å²) in [4.78, 5) is 33.2. The van der Waals surface area contributed by atoms with Crippen LogP contribution in [-0.4, -0.2) is 51.8 Å². The summed E-state index contributed by atoms with van der Waals surface area (Å²) in [5.41, 5.74) is 7.72. The van der Waals surface area contributed by atoms with E-state index in [9.17, 15) is 19.1 Å². The molecule has 0 spiro atoms. The molecule has 202 valence electrons. The molecule has 0 aliphatic carbocycles. The lowest BCUT2D eigenvalue weighted by molar-refractivity contribution is -0.172. The molecule has 3 aromatic rings. The largest absolute Gasteiger partial charge is 0.494 e. The summed E-state index contributed by atoms with van der Waals surface area (Å²) >= 11 is 0. The molecule has 0 amide bonds. The van der Waals surface area contributed by atoms with Crippen LogP contribution in [0.15, 0.2) is 23.0 Å². The number of aromatic nitrogens is 2. The first-order valence-electron chi connectivity index (χ1n) is 12.6. The van der Waals surface area contributed by atoms with Crippen molar-refractivity contribution in [2.24, 2.45) is 5.73 Å². The predicted molar refractivity (Wildman–Crippen MR) is 141 cm³/mol. The van der Waals surface area contributed by atoms with Crippen LogP contribution in [0.1, 0.15) is 48.4 Å². The number of aliphatic hydroxyl groups is 1. The van der Waals surface area contributed by atoms with Crippen molar-refractivity contribution in [2.45, 2.75) is 57.5 Å². The molecular weight excluding hydrogens is 515 g/mol. The minimum atomic E-state index is -1.91. The monoisotopic (exact) mass is 544 g/mol. The number of esters is 1. The second-order valence-electron chi connectivity index (χ2n) is 10.1. The third kappa shape index (κ3) is 3.89. The highest BCUT2D eigenvalue weighted by Crippen LogP contribution is 2.41. The average Bonchev–Trinajstić information content (AvgIpc) is 3.26. The van der Waals surface area contributed by atoms with E-state index in [1.54, 1.807) is 23.6 Å². The van der Waals surface area contributed by atoms with Gasteiger partial charge < -0.3 is 24.9 Å². The van der Waals surface area contributed by atoms with Crippen LogP contribution in [0, 0.1) is 5.82 Å². The molecule has 9 nitrogen and oxygen atoms in total. The number of fused-ring (bicyclic) bond motifs is 5. The Labute approximate surface area is 224 Å². The van der Waals surface area contributed by atoms with Gasteiger partial charge in [0.05, 0.1) is 36.1 Å². The molecule has 0 bridgehead atoms.